The molecule has 1 N–H and O–H groups in total. The summed E-state index contributed by atoms with van der Waals surface area (Å²) in [4.78, 5) is 0.293. The van der Waals surface area contributed by atoms with Crippen LogP contribution in [0.3, 0.4) is 0 Å². The summed E-state index contributed by atoms with van der Waals surface area (Å²) in [5.74, 6) is 0. The van der Waals surface area contributed by atoms with E-state index in [0.29, 0.717) is 18.0 Å². The Balaban J connectivity index is 1.92. The fraction of sp³-hybridized carbons (Fsp3) is 0.231. The quantitative estimate of drug-likeness (QED) is 0.851. The number of benzene rings is 2. The van der Waals surface area contributed by atoms with Crippen LogP contribution in [0.4, 0.5) is 0 Å². The molecule has 0 spiro atoms. The van der Waals surface area contributed by atoms with E-state index in [1.807, 2.05) is 30.3 Å². The first-order chi connectivity index (χ1) is 8.65. The normalized spacial score (nSPS) is 19.0. The van der Waals surface area contributed by atoms with E-state index < -0.39 is 10.0 Å². The zero-order chi connectivity index (χ0) is 12.6. The number of epoxide rings is 1. The Morgan fingerprint density at radius 2 is 1.89 bits per heavy atom. The van der Waals surface area contributed by atoms with Crippen molar-refractivity contribution >= 4 is 20.8 Å². The molecular formula is C13H13NO3S. The van der Waals surface area contributed by atoms with Gasteiger partial charge in [0.25, 0.3) is 0 Å². The van der Waals surface area contributed by atoms with Crippen LogP contribution < -0.4 is 4.72 Å². The van der Waals surface area contributed by atoms with Gasteiger partial charge in [-0.2, -0.15) is 0 Å². The van der Waals surface area contributed by atoms with Crippen molar-refractivity contribution in [2.24, 2.45) is 0 Å². The average Bonchev–Trinajstić information content (AvgIpc) is 3.20. The van der Waals surface area contributed by atoms with Crippen molar-refractivity contribution in [3.05, 3.63) is 42.5 Å². The van der Waals surface area contributed by atoms with Crippen molar-refractivity contribution in [1.82, 2.24) is 4.72 Å². The number of sulfonamides is 1. The molecule has 0 radical (unpaired) electrons. The Labute approximate surface area is 106 Å². The Morgan fingerprint density at radius 1 is 1.17 bits per heavy atom. The van der Waals surface area contributed by atoms with Gasteiger partial charge in [0.15, 0.2) is 0 Å². The lowest BCUT2D eigenvalue weighted by atomic mass is 10.1. The topological polar surface area (TPSA) is 58.7 Å². The van der Waals surface area contributed by atoms with Crippen molar-refractivity contribution in [2.75, 3.05) is 13.2 Å². The maximum absolute atomic E-state index is 12.0. The van der Waals surface area contributed by atoms with E-state index in [0.717, 1.165) is 10.8 Å². The van der Waals surface area contributed by atoms with Gasteiger partial charge in [-0.1, -0.05) is 30.3 Å². The number of hydrogen-bond donors (Lipinski definition) is 1. The first-order valence-electron chi connectivity index (χ1n) is 5.75. The van der Waals surface area contributed by atoms with E-state index in [1.165, 1.54) is 0 Å². The second kappa shape index (κ2) is 4.35. The van der Waals surface area contributed by atoms with Crippen molar-refractivity contribution in [3.63, 3.8) is 0 Å². The van der Waals surface area contributed by atoms with Crippen LogP contribution in [0.25, 0.3) is 10.8 Å². The van der Waals surface area contributed by atoms with Crippen molar-refractivity contribution in [1.29, 1.82) is 0 Å². The summed E-state index contributed by atoms with van der Waals surface area (Å²) in [5.41, 5.74) is 0. The lowest BCUT2D eigenvalue weighted by Gasteiger charge is -2.06. The van der Waals surface area contributed by atoms with Gasteiger partial charge in [0.05, 0.1) is 17.6 Å². The third-order valence-electron chi connectivity index (χ3n) is 2.93. The molecule has 0 unspecified atom stereocenters. The van der Waals surface area contributed by atoms with E-state index in [1.54, 1.807) is 12.1 Å². The standard InChI is InChI=1S/C13H13NO3S/c15-18(16,14-8-12-9-17-12)13-6-5-10-3-1-2-4-11(10)7-13/h1-7,12,14H,8-9H2/t12-/m1/s1. The second-order valence-electron chi connectivity index (χ2n) is 4.32. The monoisotopic (exact) mass is 263 g/mol. The molecule has 0 aromatic heterocycles. The minimum absolute atomic E-state index is 0.0419. The third-order valence-corrected chi connectivity index (χ3v) is 4.36. The lowest BCUT2D eigenvalue weighted by molar-refractivity contribution is 0.406. The molecule has 1 aliphatic heterocycles. The molecule has 18 heavy (non-hydrogen) atoms. The highest BCUT2D eigenvalue weighted by Gasteiger charge is 2.25. The average molecular weight is 263 g/mol. The predicted molar refractivity (Wildman–Crippen MR) is 68.9 cm³/mol. The molecule has 1 heterocycles. The molecule has 94 valence electrons. The molecule has 5 heteroatoms. The highest BCUT2D eigenvalue weighted by atomic mass is 32.2. The van der Waals surface area contributed by atoms with Crippen molar-refractivity contribution < 1.29 is 13.2 Å². The Hall–Kier alpha value is -1.43. The molecule has 3 rings (SSSR count). The minimum Gasteiger partial charge on any atom is -0.372 e. The number of fused-ring (bicyclic) bond motifs is 1. The van der Waals surface area contributed by atoms with E-state index in [-0.39, 0.29) is 6.10 Å². The number of rotatable bonds is 4. The molecule has 2 aromatic carbocycles. The van der Waals surface area contributed by atoms with Gasteiger partial charge < -0.3 is 4.74 Å². The molecule has 1 fully saturated rings. The molecule has 0 aliphatic carbocycles. The van der Waals surface area contributed by atoms with Crippen molar-refractivity contribution in [3.8, 4) is 0 Å². The van der Waals surface area contributed by atoms with Crippen LogP contribution in [0.15, 0.2) is 47.4 Å². The summed E-state index contributed by atoms with van der Waals surface area (Å²) in [6, 6.07) is 12.8. The van der Waals surface area contributed by atoms with Gasteiger partial charge in [-0.3, -0.25) is 0 Å². The molecule has 1 aliphatic rings. The summed E-state index contributed by atoms with van der Waals surface area (Å²) < 4.78 is 31.6. The summed E-state index contributed by atoms with van der Waals surface area (Å²) in [7, 11) is -3.44. The number of hydrogen-bond acceptors (Lipinski definition) is 3. The summed E-state index contributed by atoms with van der Waals surface area (Å²) in [6.45, 7) is 0.982. The maximum atomic E-state index is 12.0. The zero-order valence-corrected chi connectivity index (χ0v) is 10.5. The van der Waals surface area contributed by atoms with Gasteiger partial charge in [0.1, 0.15) is 0 Å². The zero-order valence-electron chi connectivity index (χ0n) is 9.67. The molecule has 1 atom stereocenters. The Kier molecular flexibility index (Phi) is 2.81. The van der Waals surface area contributed by atoms with Crippen molar-refractivity contribution in [2.45, 2.75) is 11.0 Å². The molecule has 0 amide bonds. The third kappa shape index (κ3) is 2.38. The second-order valence-corrected chi connectivity index (χ2v) is 6.08. The summed E-state index contributed by atoms with van der Waals surface area (Å²) in [6.07, 6.45) is 0.0419. The van der Waals surface area contributed by atoms with E-state index in [9.17, 15) is 8.42 Å². The van der Waals surface area contributed by atoms with Gasteiger partial charge in [0.2, 0.25) is 10.0 Å². The first kappa shape index (κ1) is 11.6. The van der Waals surface area contributed by atoms with Gasteiger partial charge in [0, 0.05) is 6.54 Å². The summed E-state index contributed by atoms with van der Waals surface area (Å²) >= 11 is 0. The first-order valence-corrected chi connectivity index (χ1v) is 7.23. The van der Waals surface area contributed by atoms with Crippen LogP contribution >= 0.6 is 0 Å². The molecule has 1 saturated heterocycles. The Morgan fingerprint density at radius 3 is 2.61 bits per heavy atom. The number of nitrogens with one attached hydrogen (secondary N) is 1. The minimum atomic E-state index is -3.44. The SMILES string of the molecule is O=S(=O)(NC[C@@H]1CO1)c1ccc2ccccc2c1. The fourth-order valence-electron chi connectivity index (χ4n) is 1.81. The summed E-state index contributed by atoms with van der Waals surface area (Å²) in [5, 5.41) is 1.95. The van der Waals surface area contributed by atoms with E-state index in [2.05, 4.69) is 4.72 Å². The van der Waals surface area contributed by atoms with E-state index in [4.69, 9.17) is 4.74 Å². The maximum Gasteiger partial charge on any atom is 0.240 e. The van der Waals surface area contributed by atoms with Crippen LogP contribution in [0.5, 0.6) is 0 Å². The fourth-order valence-corrected chi connectivity index (χ4v) is 2.91. The van der Waals surface area contributed by atoms with Crippen LogP contribution in [-0.4, -0.2) is 27.7 Å². The van der Waals surface area contributed by atoms with Gasteiger partial charge in [-0.05, 0) is 22.9 Å². The highest BCUT2D eigenvalue weighted by Crippen LogP contribution is 2.19. The largest absolute Gasteiger partial charge is 0.372 e. The lowest BCUT2D eigenvalue weighted by Crippen LogP contribution is -2.27. The molecule has 2 aromatic rings. The van der Waals surface area contributed by atoms with Crippen LogP contribution in [0.1, 0.15) is 0 Å². The van der Waals surface area contributed by atoms with Gasteiger partial charge >= 0.3 is 0 Å². The smallest absolute Gasteiger partial charge is 0.240 e. The molecular weight excluding hydrogens is 250 g/mol. The molecule has 0 bridgehead atoms. The predicted octanol–water partition coefficient (Wildman–Crippen LogP) is 1.52. The number of ether oxygens (including phenoxy) is 1. The van der Waals surface area contributed by atoms with Gasteiger partial charge in [-0.25, -0.2) is 13.1 Å². The Bertz CT molecular complexity index is 677. The highest BCUT2D eigenvalue weighted by molar-refractivity contribution is 7.89. The van der Waals surface area contributed by atoms with Crippen LogP contribution in [0.2, 0.25) is 0 Å². The van der Waals surface area contributed by atoms with Gasteiger partial charge in [-0.15, -0.1) is 0 Å². The molecule has 4 nitrogen and oxygen atoms in total. The van der Waals surface area contributed by atoms with Crippen LogP contribution in [-0.2, 0) is 14.8 Å². The van der Waals surface area contributed by atoms with Crippen LogP contribution in [0, 0.1) is 0 Å². The van der Waals surface area contributed by atoms with E-state index >= 15 is 0 Å². The molecule has 0 saturated carbocycles.